The second kappa shape index (κ2) is 6.87. The standard InChI is InChI=1S/C13H26N2S/c1-2-15-8-5-13(6-9-15)14-7-10-16-11-12-3-4-12/h12-14H,2-11H2,1H3. The molecular formula is C13H26N2S. The topological polar surface area (TPSA) is 15.3 Å². The van der Waals surface area contributed by atoms with Crippen molar-refractivity contribution in [3.63, 3.8) is 0 Å². The maximum atomic E-state index is 3.71. The molecule has 1 saturated heterocycles. The molecular weight excluding hydrogens is 216 g/mol. The number of likely N-dealkylation sites (tertiary alicyclic amines) is 1. The first-order chi connectivity index (χ1) is 7.88. The lowest BCUT2D eigenvalue weighted by atomic mass is 10.1. The molecule has 1 saturated carbocycles. The van der Waals surface area contributed by atoms with Crippen molar-refractivity contribution < 1.29 is 0 Å². The van der Waals surface area contributed by atoms with Crippen LogP contribution < -0.4 is 5.32 Å². The van der Waals surface area contributed by atoms with Gasteiger partial charge in [-0.2, -0.15) is 11.8 Å². The van der Waals surface area contributed by atoms with Crippen molar-refractivity contribution >= 4 is 11.8 Å². The highest BCUT2D eigenvalue weighted by Gasteiger charge is 2.20. The van der Waals surface area contributed by atoms with E-state index in [1.54, 1.807) is 0 Å². The van der Waals surface area contributed by atoms with E-state index in [4.69, 9.17) is 0 Å². The fraction of sp³-hybridized carbons (Fsp3) is 1.00. The van der Waals surface area contributed by atoms with Crippen molar-refractivity contribution in [2.75, 3.05) is 37.7 Å². The average Bonchev–Trinajstić information content (AvgIpc) is 3.13. The van der Waals surface area contributed by atoms with Crippen molar-refractivity contribution in [1.29, 1.82) is 0 Å². The van der Waals surface area contributed by atoms with Crippen molar-refractivity contribution in [2.24, 2.45) is 5.92 Å². The van der Waals surface area contributed by atoms with Crippen LogP contribution in [-0.4, -0.2) is 48.6 Å². The largest absolute Gasteiger partial charge is 0.313 e. The molecule has 94 valence electrons. The van der Waals surface area contributed by atoms with Gasteiger partial charge in [-0.05, 0) is 57.0 Å². The lowest BCUT2D eigenvalue weighted by molar-refractivity contribution is 0.208. The van der Waals surface area contributed by atoms with E-state index in [9.17, 15) is 0 Å². The van der Waals surface area contributed by atoms with E-state index in [1.165, 1.54) is 63.4 Å². The molecule has 3 heteroatoms. The Morgan fingerprint density at radius 2 is 1.94 bits per heavy atom. The van der Waals surface area contributed by atoms with Crippen molar-refractivity contribution in [3.8, 4) is 0 Å². The lowest BCUT2D eigenvalue weighted by Crippen LogP contribution is -2.42. The molecule has 2 rings (SSSR count). The third kappa shape index (κ3) is 4.64. The van der Waals surface area contributed by atoms with Crippen molar-refractivity contribution in [2.45, 2.75) is 38.6 Å². The molecule has 0 bridgehead atoms. The fourth-order valence-electron chi connectivity index (χ4n) is 2.32. The van der Waals surface area contributed by atoms with Gasteiger partial charge in [0.25, 0.3) is 0 Å². The van der Waals surface area contributed by atoms with Gasteiger partial charge < -0.3 is 10.2 Å². The van der Waals surface area contributed by atoms with Crippen LogP contribution in [0.25, 0.3) is 0 Å². The second-order valence-corrected chi connectivity index (χ2v) is 6.33. The van der Waals surface area contributed by atoms with Gasteiger partial charge in [0.1, 0.15) is 0 Å². The quantitative estimate of drug-likeness (QED) is 0.689. The summed E-state index contributed by atoms with van der Waals surface area (Å²) in [6, 6.07) is 0.796. The molecule has 0 spiro atoms. The van der Waals surface area contributed by atoms with Crippen LogP contribution in [0.4, 0.5) is 0 Å². The van der Waals surface area contributed by atoms with E-state index in [-0.39, 0.29) is 0 Å². The van der Waals surface area contributed by atoms with Crippen LogP contribution in [0.15, 0.2) is 0 Å². The monoisotopic (exact) mass is 242 g/mol. The molecule has 1 aliphatic carbocycles. The molecule has 2 aliphatic rings. The first-order valence-corrected chi connectivity index (χ1v) is 8.07. The highest BCUT2D eigenvalue weighted by atomic mass is 32.2. The average molecular weight is 242 g/mol. The normalized spacial score (nSPS) is 23.8. The molecule has 0 amide bonds. The molecule has 1 heterocycles. The first kappa shape index (κ1) is 12.7. The van der Waals surface area contributed by atoms with Crippen molar-refractivity contribution in [3.05, 3.63) is 0 Å². The number of nitrogens with zero attached hydrogens (tertiary/aromatic N) is 1. The van der Waals surface area contributed by atoms with Crippen LogP contribution in [0.3, 0.4) is 0 Å². The van der Waals surface area contributed by atoms with Gasteiger partial charge >= 0.3 is 0 Å². The SMILES string of the molecule is CCN1CCC(NCCSCC2CC2)CC1. The van der Waals surface area contributed by atoms with Gasteiger partial charge in [0.05, 0.1) is 0 Å². The predicted octanol–water partition coefficient (Wildman–Crippen LogP) is 2.20. The summed E-state index contributed by atoms with van der Waals surface area (Å²) in [5, 5.41) is 3.71. The Labute approximate surface area is 105 Å². The van der Waals surface area contributed by atoms with E-state index in [0.29, 0.717) is 0 Å². The molecule has 16 heavy (non-hydrogen) atoms. The summed E-state index contributed by atoms with van der Waals surface area (Å²) in [4.78, 5) is 2.56. The molecule has 1 aliphatic heterocycles. The van der Waals surface area contributed by atoms with Crippen LogP contribution in [0.5, 0.6) is 0 Å². The van der Waals surface area contributed by atoms with Gasteiger partial charge in [0, 0.05) is 18.3 Å². The Morgan fingerprint density at radius 3 is 2.56 bits per heavy atom. The van der Waals surface area contributed by atoms with Gasteiger partial charge in [0.15, 0.2) is 0 Å². The Morgan fingerprint density at radius 1 is 1.19 bits per heavy atom. The van der Waals surface area contributed by atoms with Crippen LogP contribution in [0, 0.1) is 5.92 Å². The van der Waals surface area contributed by atoms with Crippen LogP contribution >= 0.6 is 11.8 Å². The van der Waals surface area contributed by atoms with E-state index >= 15 is 0 Å². The van der Waals surface area contributed by atoms with E-state index in [2.05, 4.69) is 28.9 Å². The number of hydrogen-bond acceptors (Lipinski definition) is 3. The number of piperidine rings is 1. The zero-order chi connectivity index (χ0) is 11.2. The number of nitrogens with one attached hydrogen (secondary N) is 1. The Balaban J connectivity index is 1.43. The Kier molecular flexibility index (Phi) is 5.46. The minimum Gasteiger partial charge on any atom is -0.313 e. The van der Waals surface area contributed by atoms with Crippen LogP contribution in [0.2, 0.25) is 0 Å². The molecule has 1 N–H and O–H groups in total. The van der Waals surface area contributed by atoms with Crippen LogP contribution in [0.1, 0.15) is 32.6 Å². The number of thioether (sulfide) groups is 1. The van der Waals surface area contributed by atoms with E-state index < -0.39 is 0 Å². The van der Waals surface area contributed by atoms with Gasteiger partial charge in [-0.15, -0.1) is 0 Å². The second-order valence-electron chi connectivity index (χ2n) is 5.18. The molecule has 0 aromatic heterocycles. The molecule has 0 aromatic carbocycles. The smallest absolute Gasteiger partial charge is 0.00917 e. The zero-order valence-corrected chi connectivity index (χ0v) is 11.4. The summed E-state index contributed by atoms with van der Waals surface area (Å²) >= 11 is 2.14. The molecule has 0 atom stereocenters. The first-order valence-electron chi connectivity index (χ1n) is 6.92. The summed E-state index contributed by atoms with van der Waals surface area (Å²) in [7, 11) is 0. The summed E-state index contributed by atoms with van der Waals surface area (Å²) in [6.07, 6.45) is 5.69. The van der Waals surface area contributed by atoms with Crippen LogP contribution in [-0.2, 0) is 0 Å². The maximum Gasteiger partial charge on any atom is 0.00917 e. The van der Waals surface area contributed by atoms with E-state index in [1.807, 2.05) is 0 Å². The summed E-state index contributed by atoms with van der Waals surface area (Å²) in [5.41, 5.74) is 0. The summed E-state index contributed by atoms with van der Waals surface area (Å²) in [6.45, 7) is 7.30. The maximum absolute atomic E-state index is 3.71. The van der Waals surface area contributed by atoms with Gasteiger partial charge in [-0.25, -0.2) is 0 Å². The Bertz CT molecular complexity index is 186. The fourth-order valence-corrected chi connectivity index (χ4v) is 3.42. The minimum absolute atomic E-state index is 0.796. The lowest BCUT2D eigenvalue weighted by Gasteiger charge is -2.31. The highest BCUT2D eigenvalue weighted by molar-refractivity contribution is 7.99. The number of hydrogen-bond donors (Lipinski definition) is 1. The Hall–Kier alpha value is 0.270. The summed E-state index contributed by atoms with van der Waals surface area (Å²) in [5.74, 6) is 3.80. The zero-order valence-electron chi connectivity index (χ0n) is 10.6. The third-order valence-corrected chi connectivity index (χ3v) is 4.96. The summed E-state index contributed by atoms with van der Waals surface area (Å²) < 4.78 is 0. The third-order valence-electron chi connectivity index (χ3n) is 3.76. The predicted molar refractivity (Wildman–Crippen MR) is 73.2 cm³/mol. The molecule has 0 unspecified atom stereocenters. The highest BCUT2D eigenvalue weighted by Crippen LogP contribution is 2.32. The minimum atomic E-state index is 0.796. The molecule has 2 nitrogen and oxygen atoms in total. The van der Waals surface area contributed by atoms with Gasteiger partial charge in [-0.1, -0.05) is 6.92 Å². The molecule has 0 aromatic rings. The number of rotatable bonds is 7. The van der Waals surface area contributed by atoms with Gasteiger partial charge in [0.2, 0.25) is 0 Å². The molecule has 0 radical (unpaired) electrons. The van der Waals surface area contributed by atoms with Gasteiger partial charge in [-0.3, -0.25) is 0 Å². The van der Waals surface area contributed by atoms with E-state index in [0.717, 1.165) is 12.0 Å². The molecule has 2 fully saturated rings. The van der Waals surface area contributed by atoms with Crippen molar-refractivity contribution in [1.82, 2.24) is 10.2 Å².